The Morgan fingerprint density at radius 1 is 0.774 bits per heavy atom. The maximum absolute atomic E-state index is 12.9. The van der Waals surface area contributed by atoms with Crippen LogP contribution in [0.4, 0.5) is 5.69 Å². The zero-order valence-electron chi connectivity index (χ0n) is 17.0. The molecule has 3 rings (SSSR count). The molecule has 0 heterocycles. The number of ether oxygens (including phenoxy) is 2. The predicted molar refractivity (Wildman–Crippen MR) is 121 cm³/mol. The summed E-state index contributed by atoms with van der Waals surface area (Å²) in [5.74, 6) is 0.524. The predicted octanol–water partition coefficient (Wildman–Crippen LogP) is 4.31. The molecular formula is C25H24N2O4. The quantitative estimate of drug-likeness (QED) is 0.381. The van der Waals surface area contributed by atoms with Gasteiger partial charge < -0.3 is 20.1 Å². The molecule has 0 spiro atoms. The minimum Gasteiger partial charge on any atom is -0.490 e. The van der Waals surface area contributed by atoms with Crippen LogP contribution in [0, 0.1) is 0 Å². The molecule has 0 atom stereocenters. The van der Waals surface area contributed by atoms with Crippen LogP contribution in [-0.4, -0.2) is 31.6 Å². The number of carbonyl (C=O) groups excluding carboxylic acids is 2. The van der Waals surface area contributed by atoms with Crippen LogP contribution in [0.25, 0.3) is 0 Å². The highest BCUT2D eigenvalue weighted by Crippen LogP contribution is 2.22. The Labute approximate surface area is 181 Å². The van der Waals surface area contributed by atoms with E-state index in [-0.39, 0.29) is 18.4 Å². The van der Waals surface area contributed by atoms with Crippen LogP contribution in [0.2, 0.25) is 0 Å². The van der Waals surface area contributed by atoms with Crippen LogP contribution in [0.15, 0.2) is 91.5 Å². The number of benzene rings is 3. The van der Waals surface area contributed by atoms with Gasteiger partial charge in [-0.25, -0.2) is 0 Å². The van der Waals surface area contributed by atoms with Crippen LogP contribution in [0.5, 0.6) is 11.5 Å². The first-order valence-electron chi connectivity index (χ1n) is 9.88. The van der Waals surface area contributed by atoms with E-state index in [9.17, 15) is 9.59 Å². The van der Waals surface area contributed by atoms with E-state index in [1.807, 2.05) is 30.3 Å². The summed E-state index contributed by atoms with van der Waals surface area (Å²) in [6.45, 7) is 4.54. The number of hydrogen-bond donors (Lipinski definition) is 2. The average Bonchev–Trinajstić information content (AvgIpc) is 2.81. The molecule has 0 aliphatic rings. The summed E-state index contributed by atoms with van der Waals surface area (Å²) in [7, 11) is 0. The molecule has 3 aromatic carbocycles. The average molecular weight is 416 g/mol. The Bertz CT molecular complexity index is 1030. The monoisotopic (exact) mass is 416 g/mol. The molecule has 6 nitrogen and oxygen atoms in total. The van der Waals surface area contributed by atoms with Gasteiger partial charge in [0.05, 0.1) is 16.8 Å². The van der Waals surface area contributed by atoms with Crippen LogP contribution in [0.3, 0.4) is 0 Å². The molecule has 0 unspecified atom stereocenters. The SMILES string of the molecule is C=CCNC(=O)c1ccccc1NC(=O)c1ccccc1OCCOc1ccccc1. The second-order valence-electron chi connectivity index (χ2n) is 6.50. The number of nitrogens with one attached hydrogen (secondary N) is 2. The zero-order chi connectivity index (χ0) is 21.9. The van der Waals surface area contributed by atoms with Crippen LogP contribution >= 0.6 is 0 Å². The molecule has 0 fully saturated rings. The third kappa shape index (κ3) is 6.21. The van der Waals surface area contributed by atoms with E-state index in [0.717, 1.165) is 5.75 Å². The Morgan fingerprint density at radius 2 is 1.42 bits per heavy atom. The molecule has 2 N–H and O–H groups in total. The summed E-state index contributed by atoms with van der Waals surface area (Å²) in [6, 6.07) is 23.2. The first-order chi connectivity index (χ1) is 15.2. The van der Waals surface area contributed by atoms with Crippen molar-refractivity contribution in [2.75, 3.05) is 25.1 Å². The third-order valence-electron chi connectivity index (χ3n) is 4.31. The van der Waals surface area contributed by atoms with Gasteiger partial charge >= 0.3 is 0 Å². The maximum atomic E-state index is 12.9. The van der Waals surface area contributed by atoms with Crippen molar-refractivity contribution in [2.24, 2.45) is 0 Å². The minimum absolute atomic E-state index is 0.278. The highest BCUT2D eigenvalue weighted by atomic mass is 16.5. The van der Waals surface area contributed by atoms with Gasteiger partial charge in [0.1, 0.15) is 24.7 Å². The molecule has 0 bridgehead atoms. The van der Waals surface area contributed by atoms with Crippen LogP contribution in [0.1, 0.15) is 20.7 Å². The molecule has 0 aliphatic heterocycles. The zero-order valence-corrected chi connectivity index (χ0v) is 17.0. The summed E-state index contributed by atoms with van der Waals surface area (Å²) < 4.78 is 11.4. The van der Waals surface area contributed by atoms with Gasteiger partial charge in [0.15, 0.2) is 0 Å². The van der Waals surface area contributed by atoms with Gasteiger partial charge in [0.2, 0.25) is 0 Å². The lowest BCUT2D eigenvalue weighted by Gasteiger charge is -2.14. The van der Waals surface area contributed by atoms with Gasteiger partial charge in [0.25, 0.3) is 11.8 Å². The standard InChI is InChI=1S/C25H24N2O4/c1-2-16-26-24(28)20-12-6-8-14-22(20)27-25(29)21-13-7-9-15-23(21)31-18-17-30-19-10-4-3-5-11-19/h2-15H,1,16-18H2,(H,26,28)(H,27,29). The second-order valence-corrected chi connectivity index (χ2v) is 6.50. The molecule has 3 aromatic rings. The smallest absolute Gasteiger partial charge is 0.259 e. The van der Waals surface area contributed by atoms with E-state index >= 15 is 0 Å². The fraction of sp³-hybridized carbons (Fsp3) is 0.120. The van der Waals surface area contributed by atoms with Gasteiger partial charge in [-0.2, -0.15) is 0 Å². The molecule has 31 heavy (non-hydrogen) atoms. The van der Waals surface area contributed by atoms with Crippen molar-refractivity contribution in [2.45, 2.75) is 0 Å². The van der Waals surface area contributed by atoms with E-state index in [0.29, 0.717) is 35.7 Å². The Morgan fingerprint density at radius 3 is 2.19 bits per heavy atom. The molecule has 0 saturated heterocycles. The van der Waals surface area contributed by atoms with E-state index in [4.69, 9.17) is 9.47 Å². The van der Waals surface area contributed by atoms with Gasteiger partial charge in [-0.05, 0) is 36.4 Å². The first-order valence-corrected chi connectivity index (χ1v) is 9.88. The Kier molecular flexibility index (Phi) is 7.83. The molecule has 2 amide bonds. The van der Waals surface area contributed by atoms with Gasteiger partial charge in [0, 0.05) is 6.54 Å². The molecule has 0 aromatic heterocycles. The molecule has 0 radical (unpaired) electrons. The number of rotatable bonds is 10. The fourth-order valence-corrected chi connectivity index (χ4v) is 2.85. The number of carbonyl (C=O) groups is 2. The second kappa shape index (κ2) is 11.2. The fourth-order valence-electron chi connectivity index (χ4n) is 2.85. The number of para-hydroxylation sites is 3. The molecule has 158 valence electrons. The van der Waals surface area contributed by atoms with E-state index in [1.165, 1.54) is 0 Å². The summed E-state index contributed by atoms with van der Waals surface area (Å²) >= 11 is 0. The third-order valence-corrected chi connectivity index (χ3v) is 4.31. The summed E-state index contributed by atoms with van der Waals surface area (Å²) in [4.78, 5) is 25.3. The molecule has 0 saturated carbocycles. The van der Waals surface area contributed by atoms with E-state index in [2.05, 4.69) is 17.2 Å². The first kappa shape index (κ1) is 21.6. The van der Waals surface area contributed by atoms with Gasteiger partial charge in [-0.15, -0.1) is 6.58 Å². The highest BCUT2D eigenvalue weighted by Gasteiger charge is 2.16. The van der Waals surface area contributed by atoms with Crippen molar-refractivity contribution < 1.29 is 19.1 Å². The van der Waals surface area contributed by atoms with E-state index < -0.39 is 0 Å². The van der Waals surface area contributed by atoms with Crippen molar-refractivity contribution >= 4 is 17.5 Å². The molecule has 0 aliphatic carbocycles. The minimum atomic E-state index is -0.372. The number of hydrogen-bond acceptors (Lipinski definition) is 4. The topological polar surface area (TPSA) is 76.7 Å². The normalized spacial score (nSPS) is 10.1. The van der Waals surface area contributed by atoms with Crippen LogP contribution in [-0.2, 0) is 0 Å². The van der Waals surface area contributed by atoms with Crippen molar-refractivity contribution in [3.8, 4) is 11.5 Å². The number of amides is 2. The molecule has 6 heteroatoms. The van der Waals surface area contributed by atoms with Gasteiger partial charge in [-0.3, -0.25) is 9.59 Å². The Balaban J connectivity index is 1.65. The van der Waals surface area contributed by atoms with Crippen LogP contribution < -0.4 is 20.1 Å². The Hall–Kier alpha value is -4.06. The number of anilines is 1. The lowest BCUT2D eigenvalue weighted by Crippen LogP contribution is -2.25. The van der Waals surface area contributed by atoms with Crippen molar-refractivity contribution in [1.29, 1.82) is 0 Å². The lowest BCUT2D eigenvalue weighted by atomic mass is 10.1. The largest absolute Gasteiger partial charge is 0.490 e. The van der Waals surface area contributed by atoms with E-state index in [1.54, 1.807) is 54.6 Å². The van der Waals surface area contributed by atoms with Crippen molar-refractivity contribution in [3.63, 3.8) is 0 Å². The summed E-state index contributed by atoms with van der Waals surface area (Å²) in [5.41, 5.74) is 1.15. The highest BCUT2D eigenvalue weighted by molar-refractivity contribution is 6.10. The van der Waals surface area contributed by atoms with Crippen molar-refractivity contribution in [3.05, 3.63) is 103 Å². The lowest BCUT2D eigenvalue weighted by molar-refractivity contribution is 0.0959. The molecular weight excluding hydrogens is 392 g/mol. The van der Waals surface area contributed by atoms with Crippen molar-refractivity contribution in [1.82, 2.24) is 5.32 Å². The van der Waals surface area contributed by atoms with Gasteiger partial charge in [-0.1, -0.05) is 48.5 Å². The summed E-state index contributed by atoms with van der Waals surface area (Å²) in [6.07, 6.45) is 1.59. The maximum Gasteiger partial charge on any atom is 0.259 e. The summed E-state index contributed by atoms with van der Waals surface area (Å²) in [5, 5.41) is 5.52.